The van der Waals surface area contributed by atoms with Gasteiger partial charge in [0, 0.05) is 18.0 Å². The predicted molar refractivity (Wildman–Crippen MR) is 79.8 cm³/mol. The molecule has 0 spiro atoms. The third-order valence-corrected chi connectivity index (χ3v) is 4.28. The number of para-hydroxylation sites is 1. The molecule has 1 saturated heterocycles. The fraction of sp³-hybridized carbons (Fsp3) is 0.500. The van der Waals surface area contributed by atoms with Gasteiger partial charge in [-0.05, 0) is 37.8 Å². The van der Waals surface area contributed by atoms with Gasteiger partial charge in [-0.1, -0.05) is 13.0 Å². The summed E-state index contributed by atoms with van der Waals surface area (Å²) >= 11 is 0. The van der Waals surface area contributed by atoms with Gasteiger partial charge in [0.25, 0.3) is 0 Å². The first-order valence-corrected chi connectivity index (χ1v) is 7.72. The molecule has 1 aliphatic rings. The number of aromatic nitrogens is 2. The molecule has 124 valence electrons. The number of fused-ring (bicyclic) bond motifs is 1. The second-order valence-corrected chi connectivity index (χ2v) is 5.76. The minimum Gasteiger partial charge on any atom is -0.353 e. The Labute approximate surface area is 131 Å². The molecule has 0 aliphatic carbocycles. The van der Waals surface area contributed by atoms with E-state index in [0.29, 0.717) is 11.9 Å². The Morgan fingerprint density at radius 3 is 2.70 bits per heavy atom. The molecule has 1 atom stereocenters. The van der Waals surface area contributed by atoms with Crippen LogP contribution in [0.2, 0.25) is 0 Å². The molecule has 0 N–H and O–H groups in total. The standard InChI is InChI=1S/C16H17F4N3/c1-2-10-6-3-4-9-23(10)14-11-7-5-8-12(17)13(11)21-15(22-14)16(18,19)20/h5,7-8,10H,2-4,6,9H2,1H3. The van der Waals surface area contributed by atoms with Gasteiger partial charge in [0.15, 0.2) is 0 Å². The van der Waals surface area contributed by atoms with Crippen LogP contribution in [0, 0.1) is 5.82 Å². The maximum absolute atomic E-state index is 14.0. The maximum atomic E-state index is 14.0. The monoisotopic (exact) mass is 327 g/mol. The number of anilines is 1. The van der Waals surface area contributed by atoms with Gasteiger partial charge in [-0.25, -0.2) is 14.4 Å². The highest BCUT2D eigenvalue weighted by molar-refractivity contribution is 5.90. The summed E-state index contributed by atoms with van der Waals surface area (Å²) < 4.78 is 53.3. The van der Waals surface area contributed by atoms with Gasteiger partial charge in [-0.2, -0.15) is 13.2 Å². The van der Waals surface area contributed by atoms with Crippen LogP contribution in [0.15, 0.2) is 18.2 Å². The average Bonchev–Trinajstić information content (AvgIpc) is 2.53. The van der Waals surface area contributed by atoms with Gasteiger partial charge in [-0.3, -0.25) is 0 Å². The van der Waals surface area contributed by atoms with E-state index in [1.807, 2.05) is 11.8 Å². The fourth-order valence-electron chi connectivity index (χ4n) is 3.15. The van der Waals surface area contributed by atoms with E-state index >= 15 is 0 Å². The van der Waals surface area contributed by atoms with Crippen LogP contribution in [-0.4, -0.2) is 22.6 Å². The molecule has 3 rings (SSSR count). The molecule has 0 bridgehead atoms. The first-order chi connectivity index (χ1) is 10.9. The van der Waals surface area contributed by atoms with Crippen molar-refractivity contribution in [3.05, 3.63) is 29.8 Å². The lowest BCUT2D eigenvalue weighted by atomic mass is 9.99. The Kier molecular flexibility index (Phi) is 4.12. The number of hydrogen-bond acceptors (Lipinski definition) is 3. The fourth-order valence-corrected chi connectivity index (χ4v) is 3.15. The summed E-state index contributed by atoms with van der Waals surface area (Å²) in [7, 11) is 0. The molecule has 7 heteroatoms. The zero-order valence-corrected chi connectivity index (χ0v) is 12.7. The maximum Gasteiger partial charge on any atom is 0.451 e. The van der Waals surface area contributed by atoms with Crippen molar-refractivity contribution in [1.82, 2.24) is 9.97 Å². The molecule has 0 saturated carbocycles. The third kappa shape index (κ3) is 2.96. The Morgan fingerprint density at radius 2 is 2.00 bits per heavy atom. The molecule has 2 heterocycles. The van der Waals surface area contributed by atoms with E-state index in [1.165, 1.54) is 6.07 Å². The lowest BCUT2D eigenvalue weighted by molar-refractivity contribution is -0.144. The van der Waals surface area contributed by atoms with Crippen molar-refractivity contribution in [2.75, 3.05) is 11.4 Å². The zero-order valence-electron chi connectivity index (χ0n) is 12.7. The summed E-state index contributed by atoms with van der Waals surface area (Å²) in [5.41, 5.74) is -0.273. The molecule has 0 amide bonds. The minimum atomic E-state index is -4.71. The van der Waals surface area contributed by atoms with E-state index < -0.39 is 17.8 Å². The molecule has 2 aromatic rings. The molecule has 1 aromatic carbocycles. The van der Waals surface area contributed by atoms with Gasteiger partial charge in [0.1, 0.15) is 17.2 Å². The predicted octanol–water partition coefficient (Wildman–Crippen LogP) is 4.56. The number of benzene rings is 1. The SMILES string of the molecule is CCC1CCCCN1c1nc(C(F)(F)F)nc2c(F)cccc12. The van der Waals surface area contributed by atoms with Crippen molar-refractivity contribution in [1.29, 1.82) is 0 Å². The lowest BCUT2D eigenvalue weighted by Gasteiger charge is -2.37. The second-order valence-electron chi connectivity index (χ2n) is 5.76. The Hall–Kier alpha value is -1.92. The van der Waals surface area contributed by atoms with Crippen molar-refractivity contribution in [3.63, 3.8) is 0 Å². The van der Waals surface area contributed by atoms with Crippen molar-refractivity contribution >= 4 is 16.7 Å². The van der Waals surface area contributed by atoms with Crippen LogP contribution in [0.1, 0.15) is 38.4 Å². The average molecular weight is 327 g/mol. The Balaban J connectivity index is 2.23. The van der Waals surface area contributed by atoms with E-state index in [2.05, 4.69) is 9.97 Å². The van der Waals surface area contributed by atoms with Crippen LogP contribution < -0.4 is 4.90 Å². The molecule has 1 unspecified atom stereocenters. The van der Waals surface area contributed by atoms with Crippen LogP contribution in [0.4, 0.5) is 23.4 Å². The highest BCUT2D eigenvalue weighted by atomic mass is 19.4. The quantitative estimate of drug-likeness (QED) is 0.757. The number of alkyl halides is 3. The first kappa shape index (κ1) is 16.0. The molecule has 23 heavy (non-hydrogen) atoms. The van der Waals surface area contributed by atoms with Gasteiger partial charge in [0.2, 0.25) is 5.82 Å². The normalized spacial score (nSPS) is 19.3. The van der Waals surface area contributed by atoms with Crippen LogP contribution in [0.25, 0.3) is 10.9 Å². The van der Waals surface area contributed by atoms with Crippen molar-refractivity contribution < 1.29 is 17.6 Å². The summed E-state index contributed by atoms with van der Waals surface area (Å²) in [6, 6.07) is 4.29. The summed E-state index contributed by atoms with van der Waals surface area (Å²) in [6.45, 7) is 2.62. The number of piperidine rings is 1. The molecule has 0 radical (unpaired) electrons. The molecule has 1 fully saturated rings. The van der Waals surface area contributed by atoms with Gasteiger partial charge in [0.05, 0.1) is 0 Å². The summed E-state index contributed by atoms with van der Waals surface area (Å²) in [6.07, 6.45) is -1.07. The summed E-state index contributed by atoms with van der Waals surface area (Å²) in [5.74, 6) is -1.86. The van der Waals surface area contributed by atoms with E-state index in [9.17, 15) is 17.6 Å². The van der Waals surface area contributed by atoms with Gasteiger partial charge < -0.3 is 4.90 Å². The number of halogens is 4. The zero-order chi connectivity index (χ0) is 16.6. The van der Waals surface area contributed by atoms with Gasteiger partial charge >= 0.3 is 6.18 Å². The topological polar surface area (TPSA) is 29.0 Å². The molecular weight excluding hydrogens is 310 g/mol. The second kappa shape index (κ2) is 5.94. The van der Waals surface area contributed by atoms with Crippen molar-refractivity contribution in [2.24, 2.45) is 0 Å². The Bertz CT molecular complexity index is 714. The van der Waals surface area contributed by atoms with Gasteiger partial charge in [-0.15, -0.1) is 0 Å². The molecular formula is C16H17F4N3. The summed E-state index contributed by atoms with van der Waals surface area (Å²) in [4.78, 5) is 9.05. The van der Waals surface area contributed by atoms with Crippen LogP contribution in [-0.2, 0) is 6.18 Å². The minimum absolute atomic E-state index is 0.117. The third-order valence-electron chi connectivity index (χ3n) is 4.28. The number of nitrogens with zero attached hydrogens (tertiary/aromatic N) is 3. The smallest absolute Gasteiger partial charge is 0.353 e. The molecule has 1 aromatic heterocycles. The first-order valence-electron chi connectivity index (χ1n) is 7.72. The Morgan fingerprint density at radius 1 is 1.22 bits per heavy atom. The van der Waals surface area contributed by atoms with E-state index in [0.717, 1.165) is 31.7 Å². The molecule has 3 nitrogen and oxygen atoms in total. The lowest BCUT2D eigenvalue weighted by Crippen LogP contribution is -2.40. The van der Waals surface area contributed by atoms with Crippen LogP contribution >= 0.6 is 0 Å². The number of rotatable bonds is 2. The number of hydrogen-bond donors (Lipinski definition) is 0. The summed E-state index contributed by atoms with van der Waals surface area (Å²) in [5, 5.41) is 0.332. The van der Waals surface area contributed by atoms with E-state index in [1.54, 1.807) is 6.07 Å². The highest BCUT2D eigenvalue weighted by Gasteiger charge is 2.37. The highest BCUT2D eigenvalue weighted by Crippen LogP contribution is 2.35. The largest absolute Gasteiger partial charge is 0.451 e. The molecule has 1 aliphatic heterocycles. The van der Waals surface area contributed by atoms with Crippen molar-refractivity contribution in [3.8, 4) is 0 Å². The van der Waals surface area contributed by atoms with E-state index in [-0.39, 0.29) is 17.4 Å². The van der Waals surface area contributed by atoms with E-state index in [4.69, 9.17) is 0 Å². The van der Waals surface area contributed by atoms with Crippen molar-refractivity contribution in [2.45, 2.75) is 44.8 Å². The van der Waals surface area contributed by atoms with Crippen LogP contribution in [0.5, 0.6) is 0 Å². The van der Waals surface area contributed by atoms with Crippen LogP contribution in [0.3, 0.4) is 0 Å².